The highest BCUT2D eigenvalue weighted by molar-refractivity contribution is 7.80. The summed E-state index contributed by atoms with van der Waals surface area (Å²) in [7, 11) is 0. The van der Waals surface area contributed by atoms with Crippen LogP contribution in [0.5, 0.6) is 0 Å². The molecule has 8 heteroatoms. The number of hydrogen-bond donors (Lipinski definition) is 1. The minimum absolute atomic E-state index is 0.299. The minimum Gasteiger partial charge on any atom is -0.462 e. The molecule has 1 aromatic heterocycles. The predicted octanol–water partition coefficient (Wildman–Crippen LogP) is 4.11. The first-order valence-electron chi connectivity index (χ1n) is 10.6. The molecular formula is C23H32N4O3S. The number of carbonyl (C=O) groups excluding carboxylic acids is 2. The van der Waals surface area contributed by atoms with Gasteiger partial charge in [-0.2, -0.15) is 0 Å². The summed E-state index contributed by atoms with van der Waals surface area (Å²) in [5.74, 6) is 0.0754. The van der Waals surface area contributed by atoms with E-state index in [1.165, 1.54) is 0 Å². The molecule has 0 radical (unpaired) electrons. The molecule has 1 N–H and O–H groups in total. The molecule has 31 heavy (non-hydrogen) atoms. The van der Waals surface area contributed by atoms with Crippen LogP contribution in [0.3, 0.4) is 0 Å². The summed E-state index contributed by atoms with van der Waals surface area (Å²) in [6.45, 7) is 11.4. The van der Waals surface area contributed by atoms with Gasteiger partial charge < -0.3 is 19.4 Å². The Morgan fingerprint density at radius 3 is 2.45 bits per heavy atom. The molecule has 1 fully saturated rings. The molecule has 0 saturated carbocycles. The van der Waals surface area contributed by atoms with Gasteiger partial charge in [-0.25, -0.2) is 9.78 Å². The zero-order valence-electron chi connectivity index (χ0n) is 18.5. The average molecular weight is 445 g/mol. The normalized spacial score (nSPS) is 14.6. The maximum atomic E-state index is 11.7. The standard InChI is InChI=1S/C22H30N4O2S.CH2O/c1-4-28-22(27)18-5-7-19(8-6-18)24-21(29)17-9-11-25(12-10-17)13-20-14-26(15-23-20)16(2)3;1-2/h5-8,14-17H,4,9-13H2,1-3H3,(H,24,29);1H2. The van der Waals surface area contributed by atoms with E-state index in [4.69, 9.17) is 21.7 Å². The molecule has 7 nitrogen and oxygen atoms in total. The summed E-state index contributed by atoms with van der Waals surface area (Å²) in [6.07, 6.45) is 6.14. The number of esters is 1. The molecule has 168 valence electrons. The summed E-state index contributed by atoms with van der Waals surface area (Å²) >= 11 is 5.65. The lowest BCUT2D eigenvalue weighted by molar-refractivity contribution is -0.0980. The quantitative estimate of drug-likeness (QED) is 0.509. The number of nitrogens with one attached hydrogen (secondary N) is 1. The van der Waals surface area contributed by atoms with Crippen molar-refractivity contribution in [3.05, 3.63) is 48.0 Å². The maximum absolute atomic E-state index is 11.7. The number of rotatable bonds is 7. The molecule has 1 aliphatic heterocycles. The van der Waals surface area contributed by atoms with Crippen LogP contribution in [0, 0.1) is 5.92 Å². The Balaban J connectivity index is 0.00000166. The van der Waals surface area contributed by atoms with Crippen molar-refractivity contribution >= 4 is 35.7 Å². The number of hydrogen-bond acceptors (Lipinski definition) is 6. The lowest BCUT2D eigenvalue weighted by Crippen LogP contribution is -2.37. The Morgan fingerprint density at radius 1 is 1.26 bits per heavy atom. The van der Waals surface area contributed by atoms with Crippen molar-refractivity contribution in [3.63, 3.8) is 0 Å². The molecule has 0 amide bonds. The number of anilines is 1. The lowest BCUT2D eigenvalue weighted by Gasteiger charge is -2.32. The zero-order chi connectivity index (χ0) is 22.8. The molecule has 0 unspecified atom stereocenters. The Hall–Kier alpha value is -2.58. The van der Waals surface area contributed by atoms with Crippen molar-refractivity contribution in [2.24, 2.45) is 5.92 Å². The molecule has 0 spiro atoms. The monoisotopic (exact) mass is 444 g/mol. The van der Waals surface area contributed by atoms with Crippen molar-refractivity contribution in [2.45, 2.75) is 46.2 Å². The van der Waals surface area contributed by atoms with E-state index in [0.717, 1.165) is 48.8 Å². The first-order chi connectivity index (χ1) is 15.0. The number of imidazole rings is 1. The summed E-state index contributed by atoms with van der Waals surface area (Å²) in [6, 6.07) is 7.72. The van der Waals surface area contributed by atoms with Crippen LogP contribution >= 0.6 is 12.2 Å². The van der Waals surface area contributed by atoms with Crippen LogP contribution < -0.4 is 5.32 Å². The molecule has 0 atom stereocenters. The highest BCUT2D eigenvalue weighted by Gasteiger charge is 2.23. The maximum Gasteiger partial charge on any atom is 0.338 e. The van der Waals surface area contributed by atoms with Crippen molar-refractivity contribution < 1.29 is 14.3 Å². The Morgan fingerprint density at radius 2 is 1.90 bits per heavy atom. The first-order valence-corrected chi connectivity index (χ1v) is 11.0. The van der Waals surface area contributed by atoms with E-state index in [9.17, 15) is 4.79 Å². The number of thiocarbonyl (C=S) groups is 1. The van der Waals surface area contributed by atoms with Crippen LogP contribution in [0.25, 0.3) is 0 Å². The van der Waals surface area contributed by atoms with E-state index >= 15 is 0 Å². The summed E-state index contributed by atoms with van der Waals surface area (Å²) in [4.78, 5) is 27.6. The number of aromatic nitrogens is 2. The summed E-state index contributed by atoms with van der Waals surface area (Å²) in [5.41, 5.74) is 2.58. The van der Waals surface area contributed by atoms with Gasteiger partial charge in [0.2, 0.25) is 0 Å². The molecule has 0 bridgehead atoms. The number of piperidine rings is 1. The number of benzene rings is 1. The third kappa shape index (κ3) is 7.25. The second kappa shape index (κ2) is 12.3. The fraction of sp³-hybridized carbons (Fsp3) is 0.478. The minimum atomic E-state index is -0.299. The van der Waals surface area contributed by atoms with Crippen LogP contribution in [0.2, 0.25) is 0 Å². The van der Waals surface area contributed by atoms with Gasteiger partial charge in [-0.15, -0.1) is 0 Å². The van der Waals surface area contributed by atoms with Crippen molar-refractivity contribution in [1.29, 1.82) is 0 Å². The van der Waals surface area contributed by atoms with Crippen LogP contribution in [0.15, 0.2) is 36.8 Å². The molecule has 1 aromatic carbocycles. The molecule has 2 heterocycles. The van der Waals surface area contributed by atoms with E-state index in [2.05, 4.69) is 39.8 Å². The SMILES string of the molecule is C=O.CCOC(=O)c1ccc(NC(=S)C2CCN(Cc3cn(C(C)C)cn3)CC2)cc1. The highest BCUT2D eigenvalue weighted by atomic mass is 32.1. The van der Waals surface area contributed by atoms with Gasteiger partial charge in [-0.05, 0) is 71.0 Å². The molecule has 2 aromatic rings. The van der Waals surface area contributed by atoms with E-state index in [1.54, 1.807) is 19.1 Å². The fourth-order valence-electron chi connectivity index (χ4n) is 3.47. The van der Waals surface area contributed by atoms with Crippen LogP contribution in [0.4, 0.5) is 5.69 Å². The number of likely N-dealkylation sites (tertiary alicyclic amines) is 1. The molecule has 1 saturated heterocycles. The molecule has 0 aliphatic carbocycles. The summed E-state index contributed by atoms with van der Waals surface area (Å²) in [5, 5.41) is 3.34. The lowest BCUT2D eigenvalue weighted by atomic mass is 9.96. The molecule has 1 aliphatic rings. The van der Waals surface area contributed by atoms with Gasteiger partial charge in [0.15, 0.2) is 0 Å². The van der Waals surface area contributed by atoms with Gasteiger partial charge in [-0.3, -0.25) is 4.90 Å². The van der Waals surface area contributed by atoms with Gasteiger partial charge in [0, 0.05) is 30.4 Å². The Kier molecular flexibility index (Phi) is 9.81. The number of ether oxygens (including phenoxy) is 1. The smallest absolute Gasteiger partial charge is 0.338 e. The number of carbonyl (C=O) groups is 2. The second-order valence-corrected chi connectivity index (χ2v) is 8.18. The van der Waals surface area contributed by atoms with E-state index in [-0.39, 0.29) is 5.97 Å². The first kappa shape index (κ1) is 24.7. The van der Waals surface area contributed by atoms with Crippen molar-refractivity contribution in [2.75, 3.05) is 25.0 Å². The predicted molar refractivity (Wildman–Crippen MR) is 126 cm³/mol. The van der Waals surface area contributed by atoms with Gasteiger partial charge in [0.1, 0.15) is 6.79 Å². The van der Waals surface area contributed by atoms with Crippen molar-refractivity contribution in [1.82, 2.24) is 14.5 Å². The van der Waals surface area contributed by atoms with Gasteiger partial charge in [-0.1, -0.05) is 12.2 Å². The third-order valence-corrected chi connectivity index (χ3v) is 5.69. The van der Waals surface area contributed by atoms with Crippen LogP contribution in [-0.4, -0.2) is 51.9 Å². The average Bonchev–Trinajstić information content (AvgIpc) is 3.25. The molecular weight excluding hydrogens is 412 g/mol. The highest BCUT2D eigenvalue weighted by Crippen LogP contribution is 2.22. The third-order valence-electron chi connectivity index (χ3n) is 5.26. The Labute approximate surface area is 189 Å². The largest absolute Gasteiger partial charge is 0.462 e. The van der Waals surface area contributed by atoms with Crippen LogP contribution in [-0.2, 0) is 16.1 Å². The van der Waals surface area contributed by atoms with Gasteiger partial charge in [0.05, 0.1) is 29.2 Å². The van der Waals surface area contributed by atoms with Crippen LogP contribution in [0.1, 0.15) is 55.7 Å². The second-order valence-electron chi connectivity index (χ2n) is 7.74. The summed E-state index contributed by atoms with van der Waals surface area (Å²) < 4.78 is 7.16. The van der Waals surface area contributed by atoms with Gasteiger partial charge >= 0.3 is 5.97 Å². The van der Waals surface area contributed by atoms with E-state index < -0.39 is 0 Å². The molecule has 3 rings (SSSR count). The van der Waals surface area contributed by atoms with Gasteiger partial charge in [0.25, 0.3) is 0 Å². The Bertz CT molecular complexity index is 843. The topological polar surface area (TPSA) is 76.5 Å². The number of nitrogens with zero attached hydrogens (tertiary/aromatic N) is 3. The fourth-order valence-corrected chi connectivity index (χ4v) is 3.83. The zero-order valence-corrected chi connectivity index (χ0v) is 19.4. The van der Waals surface area contributed by atoms with E-state index in [0.29, 0.717) is 24.1 Å². The van der Waals surface area contributed by atoms with E-state index in [1.807, 2.05) is 25.2 Å². The van der Waals surface area contributed by atoms with Crippen molar-refractivity contribution in [3.8, 4) is 0 Å².